The van der Waals surface area contributed by atoms with Crippen molar-refractivity contribution in [3.8, 4) is 11.4 Å². The van der Waals surface area contributed by atoms with Gasteiger partial charge in [0.05, 0.1) is 10.6 Å². The number of nitrogens with one attached hydrogen (secondary N) is 1. The molecule has 0 aliphatic heterocycles. The number of aryl methyl sites for hydroxylation is 1. The number of carbonyl (C=O) groups excluding carboxylic acids is 1. The summed E-state index contributed by atoms with van der Waals surface area (Å²) in [5, 5.41) is 2.48. The van der Waals surface area contributed by atoms with Crippen LogP contribution in [0.3, 0.4) is 0 Å². The fourth-order valence-electron chi connectivity index (χ4n) is 3.52. The van der Waals surface area contributed by atoms with Crippen LogP contribution in [-0.2, 0) is 14.6 Å². The molecule has 1 aromatic heterocycles. The number of aromatic nitrogens is 2. The zero-order chi connectivity index (χ0) is 21.5. The molecule has 9 heteroatoms. The van der Waals surface area contributed by atoms with Crippen LogP contribution in [0.2, 0.25) is 0 Å². The van der Waals surface area contributed by atoms with Gasteiger partial charge in [-0.3, -0.25) is 0 Å². The van der Waals surface area contributed by atoms with E-state index in [1.807, 2.05) is 6.07 Å². The minimum absolute atomic E-state index is 0.195. The van der Waals surface area contributed by atoms with Gasteiger partial charge in [0.25, 0.3) is 0 Å². The van der Waals surface area contributed by atoms with Crippen LogP contribution in [0.1, 0.15) is 24.1 Å². The summed E-state index contributed by atoms with van der Waals surface area (Å²) in [5.41, 5.74) is 13.4. The van der Waals surface area contributed by atoms with Crippen LogP contribution in [0, 0.1) is 6.92 Å². The topological polar surface area (TPSA) is 141 Å². The van der Waals surface area contributed by atoms with E-state index in [1.165, 1.54) is 6.07 Å². The van der Waals surface area contributed by atoms with Crippen LogP contribution in [0.25, 0.3) is 11.4 Å². The summed E-state index contributed by atoms with van der Waals surface area (Å²) in [6.45, 7) is 1.78. The molecule has 2 amide bonds. The molecule has 30 heavy (non-hydrogen) atoms. The molecule has 1 fully saturated rings. The monoisotopic (exact) mass is 423 g/mol. The summed E-state index contributed by atoms with van der Waals surface area (Å²) in [5.74, 6) is 0.516. The highest BCUT2D eigenvalue weighted by atomic mass is 32.2. The number of urea groups is 1. The summed E-state index contributed by atoms with van der Waals surface area (Å²) in [4.78, 5) is 20.1. The number of hydrogen-bond acceptors (Lipinski definition) is 6. The predicted octanol–water partition coefficient (Wildman–Crippen LogP) is 2.99. The van der Waals surface area contributed by atoms with Crippen LogP contribution in [-0.4, -0.2) is 24.4 Å². The van der Waals surface area contributed by atoms with E-state index in [0.29, 0.717) is 46.1 Å². The second-order valence-corrected chi connectivity index (χ2v) is 9.56. The Bertz CT molecular complexity index is 1240. The standard InChI is InChI=1S/C21H21N5O3S/c1-13-4-2-3-5-16(13)30(28,29)21(10-11-21)17-12-18(22)26-19(25-17)14-6-8-15(9-7-14)24-20(23)27/h2-9,12H,10-11H2,1H3,(H2,22,25,26)(H3,23,24,27). The summed E-state index contributed by atoms with van der Waals surface area (Å²) >= 11 is 0. The molecule has 1 saturated carbocycles. The van der Waals surface area contributed by atoms with Gasteiger partial charge < -0.3 is 16.8 Å². The van der Waals surface area contributed by atoms with Crippen molar-refractivity contribution in [1.29, 1.82) is 0 Å². The number of rotatable bonds is 5. The largest absolute Gasteiger partial charge is 0.384 e. The van der Waals surface area contributed by atoms with Crippen molar-refractivity contribution in [1.82, 2.24) is 9.97 Å². The molecule has 0 radical (unpaired) electrons. The molecule has 8 nitrogen and oxygen atoms in total. The van der Waals surface area contributed by atoms with Gasteiger partial charge in [-0.05, 0) is 55.7 Å². The Morgan fingerprint density at radius 1 is 1.07 bits per heavy atom. The molecule has 4 rings (SSSR count). The summed E-state index contributed by atoms with van der Waals surface area (Å²) < 4.78 is 25.9. The summed E-state index contributed by atoms with van der Waals surface area (Å²) in [6, 6.07) is 14.5. The third kappa shape index (κ3) is 3.37. The van der Waals surface area contributed by atoms with Gasteiger partial charge in [0.15, 0.2) is 15.7 Å². The third-order valence-corrected chi connectivity index (χ3v) is 7.91. The molecule has 154 valence electrons. The van der Waals surface area contributed by atoms with Gasteiger partial charge in [-0.2, -0.15) is 0 Å². The number of amides is 2. The number of nitrogens with zero attached hydrogens (tertiary/aromatic N) is 2. The Kier molecular flexibility index (Phi) is 4.70. The van der Waals surface area contributed by atoms with E-state index in [-0.39, 0.29) is 5.82 Å². The number of nitrogen functional groups attached to an aromatic ring is 1. The first-order valence-electron chi connectivity index (χ1n) is 9.35. The number of benzene rings is 2. The molecule has 1 aliphatic rings. The normalized spacial score (nSPS) is 14.8. The minimum atomic E-state index is -3.65. The quantitative estimate of drug-likeness (QED) is 0.576. The Labute approximate surface area is 174 Å². The van der Waals surface area contributed by atoms with Gasteiger partial charge in [0.1, 0.15) is 10.6 Å². The Morgan fingerprint density at radius 2 is 1.73 bits per heavy atom. The van der Waals surface area contributed by atoms with E-state index in [9.17, 15) is 13.2 Å². The lowest BCUT2D eigenvalue weighted by atomic mass is 10.1. The van der Waals surface area contributed by atoms with E-state index in [0.717, 1.165) is 0 Å². The van der Waals surface area contributed by atoms with Crippen LogP contribution in [0.4, 0.5) is 16.3 Å². The molecule has 0 saturated heterocycles. The third-order valence-electron chi connectivity index (χ3n) is 5.23. The Balaban J connectivity index is 1.75. The van der Waals surface area contributed by atoms with E-state index in [4.69, 9.17) is 11.5 Å². The predicted molar refractivity (Wildman–Crippen MR) is 114 cm³/mol. The number of nitrogens with two attached hydrogens (primary N) is 2. The Hall–Kier alpha value is -3.46. The fourth-order valence-corrected chi connectivity index (χ4v) is 5.71. The molecular formula is C21H21N5O3S. The highest BCUT2D eigenvalue weighted by Crippen LogP contribution is 2.55. The van der Waals surface area contributed by atoms with E-state index in [2.05, 4.69) is 15.3 Å². The maximum absolute atomic E-state index is 13.5. The van der Waals surface area contributed by atoms with Crippen molar-refractivity contribution in [2.75, 3.05) is 11.1 Å². The highest BCUT2D eigenvalue weighted by molar-refractivity contribution is 7.92. The molecule has 3 aromatic rings. The lowest BCUT2D eigenvalue weighted by molar-refractivity contribution is 0.259. The molecule has 2 aromatic carbocycles. The Morgan fingerprint density at radius 3 is 2.33 bits per heavy atom. The number of primary amides is 1. The zero-order valence-electron chi connectivity index (χ0n) is 16.3. The van der Waals surface area contributed by atoms with Crippen LogP contribution >= 0.6 is 0 Å². The number of hydrogen-bond donors (Lipinski definition) is 3. The minimum Gasteiger partial charge on any atom is -0.384 e. The van der Waals surface area contributed by atoms with Crippen molar-refractivity contribution in [3.63, 3.8) is 0 Å². The smallest absolute Gasteiger partial charge is 0.316 e. The first-order chi connectivity index (χ1) is 14.2. The molecule has 0 spiro atoms. The average Bonchev–Trinajstić information content (AvgIpc) is 3.50. The van der Waals surface area contributed by atoms with Crippen molar-refractivity contribution in [2.24, 2.45) is 5.73 Å². The van der Waals surface area contributed by atoms with Gasteiger partial charge in [0.2, 0.25) is 0 Å². The van der Waals surface area contributed by atoms with Crippen LogP contribution in [0.5, 0.6) is 0 Å². The van der Waals surface area contributed by atoms with Crippen molar-refractivity contribution >= 4 is 27.4 Å². The van der Waals surface area contributed by atoms with Crippen molar-refractivity contribution in [2.45, 2.75) is 29.4 Å². The van der Waals surface area contributed by atoms with Crippen molar-refractivity contribution < 1.29 is 13.2 Å². The highest BCUT2D eigenvalue weighted by Gasteiger charge is 2.58. The zero-order valence-corrected chi connectivity index (χ0v) is 17.1. The fraction of sp³-hybridized carbons (Fsp3) is 0.190. The maximum atomic E-state index is 13.5. The van der Waals surface area contributed by atoms with Gasteiger partial charge >= 0.3 is 6.03 Å². The molecule has 1 aliphatic carbocycles. The first kappa shape index (κ1) is 19.8. The molecule has 5 N–H and O–H groups in total. The van der Waals surface area contributed by atoms with Crippen LogP contribution < -0.4 is 16.8 Å². The first-order valence-corrected chi connectivity index (χ1v) is 10.8. The van der Waals surface area contributed by atoms with Gasteiger partial charge in [0, 0.05) is 17.3 Å². The summed E-state index contributed by atoms with van der Waals surface area (Å²) in [7, 11) is -3.65. The number of carbonyl (C=O) groups is 1. The second kappa shape index (κ2) is 7.10. The van der Waals surface area contributed by atoms with Gasteiger partial charge in [-0.25, -0.2) is 23.2 Å². The SMILES string of the molecule is Cc1ccccc1S(=O)(=O)C1(c2cc(N)nc(-c3ccc(NC(N)=O)cc3)n2)CC1. The molecule has 1 heterocycles. The van der Waals surface area contributed by atoms with E-state index in [1.54, 1.807) is 49.4 Å². The lowest BCUT2D eigenvalue weighted by Gasteiger charge is -2.18. The lowest BCUT2D eigenvalue weighted by Crippen LogP contribution is -2.24. The van der Waals surface area contributed by atoms with Crippen LogP contribution in [0.15, 0.2) is 59.5 Å². The molecule has 0 bridgehead atoms. The molecule has 0 unspecified atom stereocenters. The molecular weight excluding hydrogens is 402 g/mol. The van der Waals surface area contributed by atoms with E-state index < -0.39 is 20.6 Å². The maximum Gasteiger partial charge on any atom is 0.316 e. The average molecular weight is 423 g/mol. The van der Waals surface area contributed by atoms with Gasteiger partial charge in [-0.15, -0.1) is 0 Å². The van der Waals surface area contributed by atoms with Crippen molar-refractivity contribution in [3.05, 3.63) is 65.9 Å². The molecule has 0 atom stereocenters. The number of anilines is 2. The van der Waals surface area contributed by atoms with Gasteiger partial charge in [-0.1, -0.05) is 18.2 Å². The summed E-state index contributed by atoms with van der Waals surface area (Å²) in [6.07, 6.45) is 0.946. The second-order valence-electron chi connectivity index (χ2n) is 7.33. The number of sulfone groups is 1. The van der Waals surface area contributed by atoms with E-state index >= 15 is 0 Å².